The molecule has 1 rings (SSSR count). The number of carbonyl (C=O) groups is 1. The predicted molar refractivity (Wildman–Crippen MR) is 64.1 cm³/mol. The minimum absolute atomic E-state index is 0.105. The summed E-state index contributed by atoms with van der Waals surface area (Å²) in [6.45, 7) is 3.56. The second kappa shape index (κ2) is 6.86. The summed E-state index contributed by atoms with van der Waals surface area (Å²) in [6.07, 6.45) is 5.09. The van der Waals surface area contributed by atoms with Gasteiger partial charge in [0.15, 0.2) is 0 Å². The highest BCUT2D eigenvalue weighted by Crippen LogP contribution is 2.27. The Morgan fingerprint density at radius 2 is 2.25 bits per heavy atom. The molecule has 0 aromatic heterocycles. The van der Waals surface area contributed by atoms with E-state index in [0.717, 1.165) is 32.2 Å². The molecule has 16 heavy (non-hydrogen) atoms. The topological polar surface area (TPSA) is 55.6 Å². The summed E-state index contributed by atoms with van der Waals surface area (Å²) in [7, 11) is 1.63. The van der Waals surface area contributed by atoms with Crippen LogP contribution in [0.3, 0.4) is 0 Å². The van der Waals surface area contributed by atoms with Crippen molar-refractivity contribution >= 4 is 5.91 Å². The summed E-state index contributed by atoms with van der Waals surface area (Å²) in [5, 5.41) is 0. The van der Waals surface area contributed by atoms with E-state index in [0.29, 0.717) is 19.1 Å². The minimum Gasteiger partial charge on any atom is -0.385 e. The van der Waals surface area contributed by atoms with E-state index in [9.17, 15) is 4.79 Å². The zero-order valence-electron chi connectivity index (χ0n) is 10.4. The summed E-state index contributed by atoms with van der Waals surface area (Å²) in [6, 6.07) is 0.0741. The molecular formula is C12H24N2O2. The van der Waals surface area contributed by atoms with Crippen molar-refractivity contribution in [2.24, 2.45) is 5.73 Å². The number of methoxy groups -OCH3 is 1. The van der Waals surface area contributed by atoms with Gasteiger partial charge in [0.2, 0.25) is 5.91 Å². The molecular weight excluding hydrogens is 204 g/mol. The molecule has 1 aliphatic rings. The lowest BCUT2D eigenvalue weighted by molar-refractivity contribution is -0.133. The number of amides is 1. The van der Waals surface area contributed by atoms with Gasteiger partial charge in [0.05, 0.1) is 6.04 Å². The highest BCUT2D eigenvalue weighted by Gasteiger charge is 2.33. The van der Waals surface area contributed by atoms with Gasteiger partial charge in [0.25, 0.3) is 0 Å². The summed E-state index contributed by atoms with van der Waals surface area (Å²) >= 11 is 0. The van der Waals surface area contributed by atoms with Crippen LogP contribution in [0.4, 0.5) is 0 Å². The molecule has 94 valence electrons. The fourth-order valence-corrected chi connectivity index (χ4v) is 1.77. The Balaban J connectivity index is 2.39. The first-order valence-corrected chi connectivity index (χ1v) is 6.25. The molecule has 1 aliphatic carbocycles. The number of unbranched alkanes of at least 4 members (excludes halogenated alkanes) is 1. The minimum atomic E-state index is -0.391. The monoisotopic (exact) mass is 228 g/mol. The van der Waals surface area contributed by atoms with Crippen LogP contribution in [-0.2, 0) is 9.53 Å². The Morgan fingerprint density at radius 1 is 1.56 bits per heavy atom. The third kappa shape index (κ3) is 4.10. The van der Waals surface area contributed by atoms with Gasteiger partial charge in [0, 0.05) is 26.3 Å². The van der Waals surface area contributed by atoms with E-state index < -0.39 is 6.04 Å². The molecule has 0 bridgehead atoms. The maximum absolute atomic E-state index is 12.1. The van der Waals surface area contributed by atoms with Gasteiger partial charge in [0.1, 0.15) is 0 Å². The second-order valence-electron chi connectivity index (χ2n) is 4.50. The van der Waals surface area contributed by atoms with Crippen LogP contribution in [0.1, 0.15) is 39.0 Å². The van der Waals surface area contributed by atoms with E-state index in [-0.39, 0.29) is 5.91 Å². The molecule has 0 saturated heterocycles. The van der Waals surface area contributed by atoms with Gasteiger partial charge < -0.3 is 15.4 Å². The van der Waals surface area contributed by atoms with Gasteiger partial charge in [-0.1, -0.05) is 13.3 Å². The summed E-state index contributed by atoms with van der Waals surface area (Å²) in [4.78, 5) is 14.1. The molecule has 1 unspecified atom stereocenters. The third-order valence-electron chi connectivity index (χ3n) is 2.97. The Labute approximate surface area is 98.1 Å². The summed E-state index contributed by atoms with van der Waals surface area (Å²) in [5.41, 5.74) is 5.87. The second-order valence-corrected chi connectivity index (χ2v) is 4.50. The van der Waals surface area contributed by atoms with Crippen molar-refractivity contribution in [1.29, 1.82) is 0 Å². The van der Waals surface area contributed by atoms with Gasteiger partial charge in [-0.2, -0.15) is 0 Å². The number of hydrogen-bond donors (Lipinski definition) is 1. The molecule has 1 fully saturated rings. The van der Waals surface area contributed by atoms with Gasteiger partial charge in [-0.05, 0) is 25.7 Å². The summed E-state index contributed by atoms with van der Waals surface area (Å²) in [5.74, 6) is 0.105. The van der Waals surface area contributed by atoms with Crippen molar-refractivity contribution in [2.45, 2.75) is 51.1 Å². The zero-order valence-corrected chi connectivity index (χ0v) is 10.4. The van der Waals surface area contributed by atoms with Crippen molar-refractivity contribution in [3.05, 3.63) is 0 Å². The number of rotatable bonds is 8. The first kappa shape index (κ1) is 13.5. The largest absolute Gasteiger partial charge is 0.385 e. The lowest BCUT2D eigenvalue weighted by Gasteiger charge is -2.25. The molecule has 0 spiro atoms. The fraction of sp³-hybridized carbons (Fsp3) is 0.917. The van der Waals surface area contributed by atoms with Crippen LogP contribution in [0.5, 0.6) is 0 Å². The molecule has 0 heterocycles. The van der Waals surface area contributed by atoms with Crippen LogP contribution in [0, 0.1) is 0 Å². The van der Waals surface area contributed by atoms with Gasteiger partial charge in [-0.25, -0.2) is 0 Å². The Bertz CT molecular complexity index is 217. The van der Waals surface area contributed by atoms with Crippen molar-refractivity contribution in [1.82, 2.24) is 4.90 Å². The number of nitrogens with zero attached hydrogens (tertiary/aromatic N) is 1. The Morgan fingerprint density at radius 3 is 2.75 bits per heavy atom. The number of hydrogen-bond acceptors (Lipinski definition) is 3. The Hall–Kier alpha value is -0.610. The van der Waals surface area contributed by atoms with E-state index in [1.54, 1.807) is 7.11 Å². The van der Waals surface area contributed by atoms with E-state index in [1.807, 2.05) is 4.90 Å². The van der Waals surface area contributed by atoms with Crippen LogP contribution in [0.15, 0.2) is 0 Å². The quantitative estimate of drug-likeness (QED) is 0.678. The standard InChI is InChI=1S/C12H24N2O2/c1-3-4-8-14(10-5-6-10)12(15)11(13)7-9-16-2/h10-11H,3-9,13H2,1-2H3. The molecule has 1 atom stereocenters. The van der Waals surface area contributed by atoms with E-state index in [4.69, 9.17) is 10.5 Å². The Kier molecular flexibility index (Phi) is 5.77. The number of carbonyl (C=O) groups excluding carboxylic acids is 1. The molecule has 0 aliphatic heterocycles. The van der Waals surface area contributed by atoms with E-state index in [1.165, 1.54) is 0 Å². The first-order valence-electron chi connectivity index (χ1n) is 6.25. The van der Waals surface area contributed by atoms with Crippen LogP contribution in [0.2, 0.25) is 0 Å². The summed E-state index contributed by atoms with van der Waals surface area (Å²) < 4.78 is 4.95. The molecule has 0 aromatic rings. The average molecular weight is 228 g/mol. The SMILES string of the molecule is CCCCN(C(=O)C(N)CCOC)C1CC1. The zero-order chi connectivity index (χ0) is 12.0. The van der Waals surface area contributed by atoms with Gasteiger partial charge in [-0.15, -0.1) is 0 Å². The van der Waals surface area contributed by atoms with Crippen molar-refractivity contribution in [3.63, 3.8) is 0 Å². The number of ether oxygens (including phenoxy) is 1. The van der Waals surface area contributed by atoms with Crippen LogP contribution < -0.4 is 5.73 Å². The molecule has 4 nitrogen and oxygen atoms in total. The lowest BCUT2D eigenvalue weighted by Crippen LogP contribution is -2.45. The molecule has 0 aromatic carbocycles. The van der Waals surface area contributed by atoms with E-state index in [2.05, 4.69) is 6.92 Å². The molecule has 1 saturated carbocycles. The van der Waals surface area contributed by atoms with Crippen LogP contribution in [0.25, 0.3) is 0 Å². The van der Waals surface area contributed by atoms with Crippen molar-refractivity contribution in [2.75, 3.05) is 20.3 Å². The first-order chi connectivity index (χ1) is 7.70. The maximum Gasteiger partial charge on any atom is 0.239 e. The maximum atomic E-state index is 12.1. The van der Waals surface area contributed by atoms with Crippen LogP contribution >= 0.6 is 0 Å². The molecule has 1 amide bonds. The van der Waals surface area contributed by atoms with E-state index >= 15 is 0 Å². The lowest BCUT2D eigenvalue weighted by atomic mass is 10.2. The fourth-order valence-electron chi connectivity index (χ4n) is 1.77. The molecule has 4 heteroatoms. The highest BCUT2D eigenvalue weighted by molar-refractivity contribution is 5.82. The average Bonchev–Trinajstić information content (AvgIpc) is 3.10. The van der Waals surface area contributed by atoms with Crippen molar-refractivity contribution in [3.8, 4) is 0 Å². The predicted octanol–water partition coefficient (Wildman–Crippen LogP) is 1.14. The molecule has 2 N–H and O–H groups in total. The smallest absolute Gasteiger partial charge is 0.239 e. The highest BCUT2D eigenvalue weighted by atomic mass is 16.5. The normalized spacial score (nSPS) is 17.2. The van der Waals surface area contributed by atoms with Crippen molar-refractivity contribution < 1.29 is 9.53 Å². The third-order valence-corrected chi connectivity index (χ3v) is 2.97. The molecule has 0 radical (unpaired) electrons. The van der Waals surface area contributed by atoms with Gasteiger partial charge >= 0.3 is 0 Å². The van der Waals surface area contributed by atoms with Crippen LogP contribution in [-0.4, -0.2) is 43.2 Å². The number of nitrogens with two attached hydrogens (primary N) is 1. The van der Waals surface area contributed by atoms with Gasteiger partial charge in [-0.3, -0.25) is 4.79 Å².